The van der Waals surface area contributed by atoms with Gasteiger partial charge in [0.1, 0.15) is 5.82 Å². The van der Waals surface area contributed by atoms with Crippen molar-refractivity contribution in [1.29, 1.82) is 0 Å². The zero-order chi connectivity index (χ0) is 16.2. The van der Waals surface area contributed by atoms with Crippen molar-refractivity contribution < 1.29 is 9.18 Å². The van der Waals surface area contributed by atoms with E-state index in [0.717, 1.165) is 16.8 Å². The van der Waals surface area contributed by atoms with Crippen molar-refractivity contribution in [2.75, 3.05) is 5.32 Å². The number of aryl methyl sites for hydroxylation is 1. The smallest absolute Gasteiger partial charge is 0.228 e. The second-order valence-corrected chi connectivity index (χ2v) is 5.25. The molecule has 0 aliphatic rings. The van der Waals surface area contributed by atoms with Gasteiger partial charge in [-0.05, 0) is 17.7 Å². The maximum Gasteiger partial charge on any atom is 0.228 e. The van der Waals surface area contributed by atoms with Crippen LogP contribution in [0.1, 0.15) is 5.56 Å². The van der Waals surface area contributed by atoms with Crippen molar-refractivity contribution in [3.8, 4) is 11.3 Å². The number of amides is 1. The standard InChI is InChI=1S/C18H16FN3O/c1-22-18(14-5-3-2-4-6-14)16(12-20-22)21-17(23)11-13-7-9-15(19)10-8-13/h2-10,12H,11H2,1H3,(H,21,23). The molecule has 3 rings (SSSR count). The Kier molecular flexibility index (Phi) is 4.19. The van der Waals surface area contributed by atoms with Gasteiger partial charge in [0.25, 0.3) is 0 Å². The van der Waals surface area contributed by atoms with Gasteiger partial charge in [-0.25, -0.2) is 4.39 Å². The number of nitrogens with zero attached hydrogens (tertiary/aromatic N) is 2. The number of benzene rings is 2. The van der Waals surface area contributed by atoms with Crippen molar-refractivity contribution >= 4 is 11.6 Å². The molecule has 1 N–H and O–H groups in total. The second-order valence-electron chi connectivity index (χ2n) is 5.25. The molecule has 116 valence electrons. The lowest BCUT2D eigenvalue weighted by Crippen LogP contribution is -2.14. The Bertz CT molecular complexity index is 810. The summed E-state index contributed by atoms with van der Waals surface area (Å²) in [6.07, 6.45) is 1.81. The molecule has 4 nitrogen and oxygen atoms in total. The summed E-state index contributed by atoms with van der Waals surface area (Å²) in [5, 5.41) is 7.09. The number of halogens is 1. The molecule has 1 amide bonds. The molecule has 0 unspecified atom stereocenters. The molecule has 0 saturated carbocycles. The average Bonchev–Trinajstić information content (AvgIpc) is 2.91. The predicted octanol–water partition coefficient (Wildman–Crippen LogP) is 3.41. The van der Waals surface area contributed by atoms with E-state index in [0.29, 0.717) is 5.69 Å². The summed E-state index contributed by atoms with van der Waals surface area (Å²) < 4.78 is 14.6. The topological polar surface area (TPSA) is 46.9 Å². The van der Waals surface area contributed by atoms with E-state index in [4.69, 9.17) is 0 Å². The molecule has 0 fully saturated rings. The number of carbonyl (C=O) groups is 1. The normalized spacial score (nSPS) is 10.5. The molecule has 0 aliphatic carbocycles. The van der Waals surface area contributed by atoms with Crippen LogP contribution < -0.4 is 5.32 Å². The van der Waals surface area contributed by atoms with Crippen LogP contribution in [0, 0.1) is 5.82 Å². The first-order valence-electron chi connectivity index (χ1n) is 7.25. The Morgan fingerprint density at radius 2 is 1.83 bits per heavy atom. The average molecular weight is 309 g/mol. The summed E-state index contributed by atoms with van der Waals surface area (Å²) in [7, 11) is 1.83. The zero-order valence-corrected chi connectivity index (χ0v) is 12.7. The van der Waals surface area contributed by atoms with Crippen molar-refractivity contribution in [1.82, 2.24) is 9.78 Å². The highest BCUT2D eigenvalue weighted by Gasteiger charge is 2.13. The van der Waals surface area contributed by atoms with Crippen LogP contribution in [0.15, 0.2) is 60.8 Å². The fourth-order valence-corrected chi connectivity index (χ4v) is 2.45. The fourth-order valence-electron chi connectivity index (χ4n) is 2.45. The molecule has 3 aromatic rings. The van der Waals surface area contributed by atoms with E-state index in [2.05, 4.69) is 10.4 Å². The van der Waals surface area contributed by atoms with Crippen molar-refractivity contribution in [3.05, 3.63) is 72.2 Å². The van der Waals surface area contributed by atoms with Crippen LogP contribution in [0.3, 0.4) is 0 Å². The molecule has 0 radical (unpaired) electrons. The predicted molar refractivity (Wildman–Crippen MR) is 87.4 cm³/mol. The number of hydrogen-bond donors (Lipinski definition) is 1. The van der Waals surface area contributed by atoms with Gasteiger partial charge < -0.3 is 5.32 Å². The van der Waals surface area contributed by atoms with Gasteiger partial charge in [0.15, 0.2) is 0 Å². The van der Waals surface area contributed by atoms with E-state index in [1.165, 1.54) is 12.1 Å². The zero-order valence-electron chi connectivity index (χ0n) is 12.7. The first-order valence-corrected chi connectivity index (χ1v) is 7.25. The highest BCUT2D eigenvalue weighted by molar-refractivity contribution is 5.95. The first-order chi connectivity index (χ1) is 11.1. The summed E-state index contributed by atoms with van der Waals surface area (Å²) in [6, 6.07) is 15.7. The van der Waals surface area contributed by atoms with Gasteiger partial charge in [-0.1, -0.05) is 42.5 Å². The summed E-state index contributed by atoms with van der Waals surface area (Å²) >= 11 is 0. The van der Waals surface area contributed by atoms with Crippen LogP contribution >= 0.6 is 0 Å². The largest absolute Gasteiger partial charge is 0.323 e. The Morgan fingerprint density at radius 3 is 2.52 bits per heavy atom. The molecule has 1 heterocycles. The van der Waals surface area contributed by atoms with Gasteiger partial charge in [-0.2, -0.15) is 5.10 Å². The lowest BCUT2D eigenvalue weighted by molar-refractivity contribution is -0.115. The minimum atomic E-state index is -0.312. The monoisotopic (exact) mass is 309 g/mol. The van der Waals surface area contributed by atoms with Gasteiger partial charge in [0.05, 0.1) is 24.0 Å². The lowest BCUT2D eigenvalue weighted by atomic mass is 10.1. The van der Waals surface area contributed by atoms with E-state index in [1.807, 2.05) is 37.4 Å². The molecule has 0 aliphatic heterocycles. The Labute approximate surface area is 133 Å². The number of aromatic nitrogens is 2. The third-order valence-electron chi connectivity index (χ3n) is 3.54. The van der Waals surface area contributed by atoms with Crippen LogP contribution in [0.5, 0.6) is 0 Å². The van der Waals surface area contributed by atoms with Gasteiger partial charge in [-0.15, -0.1) is 0 Å². The van der Waals surface area contributed by atoms with E-state index in [-0.39, 0.29) is 18.1 Å². The Hall–Kier alpha value is -2.95. The summed E-state index contributed by atoms with van der Waals surface area (Å²) in [4.78, 5) is 12.2. The van der Waals surface area contributed by atoms with E-state index in [1.54, 1.807) is 23.0 Å². The van der Waals surface area contributed by atoms with Crippen LogP contribution in [0.4, 0.5) is 10.1 Å². The van der Waals surface area contributed by atoms with Gasteiger partial charge in [0, 0.05) is 12.6 Å². The Balaban J connectivity index is 1.78. The van der Waals surface area contributed by atoms with Crippen LogP contribution in [-0.2, 0) is 18.3 Å². The molecule has 0 spiro atoms. The van der Waals surface area contributed by atoms with E-state index >= 15 is 0 Å². The number of hydrogen-bond acceptors (Lipinski definition) is 2. The van der Waals surface area contributed by atoms with Crippen LogP contribution in [0.25, 0.3) is 11.3 Å². The molecule has 1 aromatic heterocycles. The van der Waals surface area contributed by atoms with Crippen molar-refractivity contribution in [3.63, 3.8) is 0 Å². The lowest BCUT2D eigenvalue weighted by Gasteiger charge is -2.08. The fraction of sp³-hybridized carbons (Fsp3) is 0.111. The summed E-state index contributed by atoms with van der Waals surface area (Å²) in [5.41, 5.74) is 3.24. The van der Waals surface area contributed by atoms with E-state index < -0.39 is 0 Å². The minimum absolute atomic E-state index is 0.165. The highest BCUT2D eigenvalue weighted by Crippen LogP contribution is 2.27. The number of nitrogens with one attached hydrogen (secondary N) is 1. The summed E-state index contributed by atoms with van der Waals surface area (Å²) in [6.45, 7) is 0. The Morgan fingerprint density at radius 1 is 1.13 bits per heavy atom. The molecular weight excluding hydrogens is 293 g/mol. The number of rotatable bonds is 4. The SMILES string of the molecule is Cn1ncc(NC(=O)Cc2ccc(F)cc2)c1-c1ccccc1. The minimum Gasteiger partial charge on any atom is -0.323 e. The molecule has 2 aromatic carbocycles. The quantitative estimate of drug-likeness (QED) is 0.803. The molecular formula is C18H16FN3O. The maximum absolute atomic E-state index is 12.9. The molecule has 0 atom stereocenters. The van der Waals surface area contributed by atoms with Crippen LogP contribution in [-0.4, -0.2) is 15.7 Å². The highest BCUT2D eigenvalue weighted by atomic mass is 19.1. The van der Waals surface area contributed by atoms with Crippen molar-refractivity contribution in [2.24, 2.45) is 7.05 Å². The van der Waals surface area contributed by atoms with Crippen molar-refractivity contribution in [2.45, 2.75) is 6.42 Å². The second kappa shape index (κ2) is 6.44. The van der Waals surface area contributed by atoms with Gasteiger partial charge in [-0.3, -0.25) is 9.48 Å². The third kappa shape index (κ3) is 3.45. The molecule has 23 heavy (non-hydrogen) atoms. The van der Waals surface area contributed by atoms with Gasteiger partial charge in [0.2, 0.25) is 5.91 Å². The third-order valence-corrected chi connectivity index (χ3v) is 3.54. The van der Waals surface area contributed by atoms with Crippen LogP contribution in [0.2, 0.25) is 0 Å². The number of anilines is 1. The molecule has 0 bridgehead atoms. The van der Waals surface area contributed by atoms with Gasteiger partial charge >= 0.3 is 0 Å². The maximum atomic E-state index is 12.9. The number of carbonyl (C=O) groups excluding carboxylic acids is 1. The molecule has 0 saturated heterocycles. The first kappa shape index (κ1) is 15.0. The van der Waals surface area contributed by atoms with E-state index in [9.17, 15) is 9.18 Å². The summed E-state index contributed by atoms with van der Waals surface area (Å²) in [5.74, 6) is -0.477. The molecule has 5 heteroatoms.